The quantitative estimate of drug-likeness (QED) is 0.753. The fraction of sp³-hybridized carbons (Fsp3) is 0.471. The average Bonchev–Trinajstić information content (AvgIpc) is 3.28. The molecule has 1 amide bonds. The van der Waals surface area contributed by atoms with Crippen LogP contribution in [-0.2, 0) is 23.1 Å². The van der Waals surface area contributed by atoms with Crippen LogP contribution >= 0.6 is 0 Å². The van der Waals surface area contributed by atoms with Crippen LogP contribution in [0.3, 0.4) is 0 Å². The zero-order valence-corrected chi connectivity index (χ0v) is 15.8. The maximum atomic E-state index is 13.8. The summed E-state index contributed by atoms with van der Waals surface area (Å²) < 4.78 is 40.6. The molecule has 1 aromatic carbocycles. The molecule has 0 aliphatic carbocycles. The Morgan fingerprint density at radius 2 is 2.07 bits per heavy atom. The topological polar surface area (TPSA) is 97.2 Å². The Labute approximate surface area is 157 Å². The third kappa shape index (κ3) is 4.69. The van der Waals surface area contributed by atoms with Gasteiger partial charge in [-0.15, -0.1) is 5.10 Å². The molecule has 2 heterocycles. The summed E-state index contributed by atoms with van der Waals surface area (Å²) in [5, 5.41) is 10.5. The molecule has 3 rings (SSSR count). The molecule has 1 saturated heterocycles. The number of carbonyl (C=O) groups excluding carboxylic acids is 1. The molecule has 0 unspecified atom stereocenters. The first kappa shape index (κ1) is 19.4. The minimum absolute atomic E-state index is 0.0826. The first-order valence-electron chi connectivity index (χ1n) is 8.75. The van der Waals surface area contributed by atoms with Crippen molar-refractivity contribution in [1.82, 2.24) is 24.6 Å². The zero-order valence-electron chi connectivity index (χ0n) is 15.0. The van der Waals surface area contributed by atoms with Gasteiger partial charge < -0.3 is 5.32 Å². The number of rotatable bonds is 7. The second kappa shape index (κ2) is 8.13. The summed E-state index contributed by atoms with van der Waals surface area (Å²) >= 11 is 0. The van der Waals surface area contributed by atoms with Crippen LogP contribution in [0.4, 0.5) is 4.39 Å². The molecule has 0 saturated carbocycles. The zero-order chi connectivity index (χ0) is 19.4. The second-order valence-electron chi connectivity index (χ2n) is 6.45. The minimum atomic E-state index is -3.50. The van der Waals surface area contributed by atoms with Crippen LogP contribution < -0.4 is 5.32 Å². The number of halogens is 1. The molecule has 1 fully saturated rings. The molecule has 1 aliphatic rings. The molecule has 2 atom stereocenters. The Bertz CT molecular complexity index is 887. The van der Waals surface area contributed by atoms with Crippen LogP contribution in [0.15, 0.2) is 36.5 Å². The lowest BCUT2D eigenvalue weighted by molar-refractivity contribution is 0.0945. The molecule has 1 aromatic heterocycles. The molecule has 146 valence electrons. The van der Waals surface area contributed by atoms with Gasteiger partial charge in [-0.1, -0.05) is 35.5 Å². The van der Waals surface area contributed by atoms with Crippen molar-refractivity contribution in [2.24, 2.45) is 0 Å². The van der Waals surface area contributed by atoms with Crippen LogP contribution in [0, 0.1) is 0 Å². The number of aromatic nitrogens is 3. The maximum absolute atomic E-state index is 13.8. The molecule has 1 aliphatic heterocycles. The van der Waals surface area contributed by atoms with Crippen molar-refractivity contribution >= 4 is 15.9 Å². The van der Waals surface area contributed by atoms with E-state index in [0.717, 1.165) is 5.56 Å². The SMILES string of the molecule is CCS(=O)(=O)N1C[C@@H](F)C[C@H]1Cn1cc(C(=O)NCc2ccccc2)nn1. The van der Waals surface area contributed by atoms with Gasteiger partial charge in [-0.25, -0.2) is 12.8 Å². The molecule has 27 heavy (non-hydrogen) atoms. The summed E-state index contributed by atoms with van der Waals surface area (Å²) in [7, 11) is -3.50. The Kier molecular flexibility index (Phi) is 5.85. The normalized spacial score (nSPS) is 20.7. The second-order valence-corrected chi connectivity index (χ2v) is 8.66. The van der Waals surface area contributed by atoms with Gasteiger partial charge in [0.25, 0.3) is 5.91 Å². The van der Waals surface area contributed by atoms with Crippen LogP contribution in [0.5, 0.6) is 0 Å². The molecule has 0 radical (unpaired) electrons. The Morgan fingerprint density at radius 3 is 2.78 bits per heavy atom. The van der Waals surface area contributed by atoms with E-state index in [4.69, 9.17) is 0 Å². The lowest BCUT2D eigenvalue weighted by Gasteiger charge is -2.22. The lowest BCUT2D eigenvalue weighted by atomic mass is 10.2. The fourth-order valence-corrected chi connectivity index (χ4v) is 4.41. The molecule has 8 nitrogen and oxygen atoms in total. The van der Waals surface area contributed by atoms with Gasteiger partial charge in [-0.05, 0) is 18.9 Å². The van der Waals surface area contributed by atoms with E-state index in [1.54, 1.807) is 0 Å². The van der Waals surface area contributed by atoms with Gasteiger partial charge in [0.2, 0.25) is 10.0 Å². The van der Waals surface area contributed by atoms with Gasteiger partial charge in [0, 0.05) is 19.1 Å². The van der Waals surface area contributed by atoms with Crippen LogP contribution in [0.1, 0.15) is 29.4 Å². The van der Waals surface area contributed by atoms with Crippen molar-refractivity contribution in [3.8, 4) is 0 Å². The Balaban J connectivity index is 1.62. The molecule has 0 bridgehead atoms. The number of carbonyl (C=O) groups is 1. The highest BCUT2D eigenvalue weighted by Gasteiger charge is 2.39. The van der Waals surface area contributed by atoms with Gasteiger partial charge in [0.1, 0.15) is 6.17 Å². The van der Waals surface area contributed by atoms with Gasteiger partial charge in [-0.3, -0.25) is 9.48 Å². The summed E-state index contributed by atoms with van der Waals surface area (Å²) in [5.41, 5.74) is 1.09. The van der Waals surface area contributed by atoms with Crippen molar-refractivity contribution in [2.75, 3.05) is 12.3 Å². The van der Waals surface area contributed by atoms with Crippen molar-refractivity contribution in [2.45, 2.75) is 38.6 Å². The monoisotopic (exact) mass is 395 g/mol. The van der Waals surface area contributed by atoms with Gasteiger partial charge in [0.15, 0.2) is 5.69 Å². The molecular weight excluding hydrogens is 373 g/mol. The maximum Gasteiger partial charge on any atom is 0.273 e. The average molecular weight is 395 g/mol. The largest absolute Gasteiger partial charge is 0.347 e. The third-order valence-electron chi connectivity index (χ3n) is 4.50. The number of amides is 1. The van der Waals surface area contributed by atoms with Crippen molar-refractivity contribution < 1.29 is 17.6 Å². The lowest BCUT2D eigenvalue weighted by Crippen LogP contribution is -2.39. The predicted octanol–water partition coefficient (Wildman–Crippen LogP) is 0.970. The van der Waals surface area contributed by atoms with Crippen molar-refractivity contribution in [3.63, 3.8) is 0 Å². The van der Waals surface area contributed by atoms with Crippen LogP contribution in [-0.4, -0.2) is 58.1 Å². The fourth-order valence-electron chi connectivity index (χ4n) is 3.08. The highest BCUT2D eigenvalue weighted by atomic mass is 32.2. The van der Waals surface area contributed by atoms with Crippen LogP contribution in [0.25, 0.3) is 0 Å². The summed E-state index contributed by atoms with van der Waals surface area (Å²) in [6.45, 7) is 1.91. The van der Waals surface area contributed by atoms with E-state index < -0.39 is 22.2 Å². The van der Waals surface area contributed by atoms with Gasteiger partial charge >= 0.3 is 0 Å². The van der Waals surface area contributed by atoms with Crippen molar-refractivity contribution in [1.29, 1.82) is 0 Å². The number of nitrogens with one attached hydrogen (secondary N) is 1. The third-order valence-corrected chi connectivity index (χ3v) is 6.39. The summed E-state index contributed by atoms with van der Waals surface area (Å²) in [6.07, 6.45) is 0.352. The number of sulfonamides is 1. The summed E-state index contributed by atoms with van der Waals surface area (Å²) in [5.74, 6) is -0.460. The minimum Gasteiger partial charge on any atom is -0.347 e. The first-order chi connectivity index (χ1) is 12.9. The number of hydrogen-bond donors (Lipinski definition) is 1. The number of benzene rings is 1. The Morgan fingerprint density at radius 1 is 1.33 bits per heavy atom. The molecule has 2 aromatic rings. The standard InChI is InChI=1S/C17H22FN5O3S/c1-2-27(25,26)23-10-14(18)8-15(23)11-22-12-16(20-21-22)17(24)19-9-13-6-4-3-5-7-13/h3-7,12,14-15H,2,8-11H2,1H3,(H,19,24)/t14-,15-/m0/s1. The molecule has 10 heteroatoms. The highest BCUT2D eigenvalue weighted by Crippen LogP contribution is 2.25. The van der Waals surface area contributed by atoms with Gasteiger partial charge in [-0.2, -0.15) is 4.31 Å². The molecule has 1 N–H and O–H groups in total. The number of alkyl halides is 1. The van der Waals surface area contributed by atoms with Crippen LogP contribution in [0.2, 0.25) is 0 Å². The van der Waals surface area contributed by atoms with E-state index in [0.29, 0.717) is 6.54 Å². The summed E-state index contributed by atoms with van der Waals surface area (Å²) in [6, 6.07) is 8.91. The number of nitrogens with zero attached hydrogens (tertiary/aromatic N) is 4. The molecular formula is C17H22FN5O3S. The Hall–Kier alpha value is -2.33. The van der Waals surface area contributed by atoms with E-state index in [-0.39, 0.29) is 36.9 Å². The summed E-state index contributed by atoms with van der Waals surface area (Å²) in [4.78, 5) is 12.2. The van der Waals surface area contributed by atoms with E-state index in [9.17, 15) is 17.6 Å². The van der Waals surface area contributed by atoms with E-state index in [1.807, 2.05) is 30.3 Å². The molecule has 0 spiro atoms. The number of hydrogen-bond acceptors (Lipinski definition) is 5. The first-order valence-corrected chi connectivity index (χ1v) is 10.4. The predicted molar refractivity (Wildman–Crippen MR) is 97.1 cm³/mol. The van der Waals surface area contributed by atoms with Crippen molar-refractivity contribution in [3.05, 3.63) is 47.8 Å². The van der Waals surface area contributed by atoms with E-state index >= 15 is 0 Å². The van der Waals surface area contributed by atoms with Gasteiger partial charge in [0.05, 0.1) is 18.5 Å². The highest BCUT2D eigenvalue weighted by molar-refractivity contribution is 7.89. The van der Waals surface area contributed by atoms with E-state index in [2.05, 4.69) is 15.6 Å². The smallest absolute Gasteiger partial charge is 0.273 e. The van der Waals surface area contributed by atoms with E-state index in [1.165, 1.54) is 22.1 Å².